The van der Waals surface area contributed by atoms with Crippen LogP contribution in [0.25, 0.3) is 0 Å². The summed E-state index contributed by atoms with van der Waals surface area (Å²) in [5.41, 5.74) is 3.28. The number of anilines is 2. The number of carbonyl (C=O) groups excluding carboxylic acids is 1. The largest absolute Gasteiger partial charge is 0.489 e. The van der Waals surface area contributed by atoms with E-state index in [-0.39, 0.29) is 12.6 Å². The van der Waals surface area contributed by atoms with E-state index in [0.29, 0.717) is 30.2 Å². The molecule has 3 N–H and O–H groups in total. The van der Waals surface area contributed by atoms with Crippen LogP contribution in [-0.2, 0) is 13.0 Å². The Morgan fingerprint density at radius 2 is 1.67 bits per heavy atom. The highest BCUT2D eigenvalue weighted by atomic mass is 16.5. The molecule has 0 aliphatic carbocycles. The van der Waals surface area contributed by atoms with Crippen molar-refractivity contribution in [2.24, 2.45) is 0 Å². The molecule has 27 heavy (non-hydrogen) atoms. The first kappa shape index (κ1) is 18.5. The van der Waals surface area contributed by atoms with Crippen LogP contribution >= 0.6 is 0 Å². The van der Waals surface area contributed by atoms with Crippen LogP contribution in [0.5, 0.6) is 5.75 Å². The molecule has 0 bridgehead atoms. The normalized spacial score (nSPS) is 10.3. The van der Waals surface area contributed by atoms with Gasteiger partial charge in [-0.05, 0) is 35.7 Å². The van der Waals surface area contributed by atoms with Gasteiger partial charge in [0, 0.05) is 24.0 Å². The fraction of sp³-hybridized carbons (Fsp3) is 0.136. The molecule has 0 saturated heterocycles. The lowest BCUT2D eigenvalue weighted by molar-refractivity contribution is 0.262. The van der Waals surface area contributed by atoms with Gasteiger partial charge in [-0.15, -0.1) is 0 Å². The van der Waals surface area contributed by atoms with Crippen molar-refractivity contribution in [1.29, 1.82) is 0 Å². The van der Waals surface area contributed by atoms with Crippen LogP contribution in [0.1, 0.15) is 11.1 Å². The van der Waals surface area contributed by atoms with Gasteiger partial charge in [0.15, 0.2) is 0 Å². The minimum absolute atomic E-state index is 0.0289. The number of aliphatic hydroxyl groups excluding tert-OH is 1. The lowest BCUT2D eigenvalue weighted by atomic mass is 10.1. The van der Waals surface area contributed by atoms with Crippen molar-refractivity contribution < 1.29 is 14.6 Å². The summed E-state index contributed by atoms with van der Waals surface area (Å²) in [5.74, 6) is 0.678. The predicted octanol–water partition coefficient (Wildman–Crippen LogP) is 4.44. The molecule has 3 aromatic carbocycles. The molecule has 3 rings (SSSR count). The molecule has 0 aromatic heterocycles. The maximum Gasteiger partial charge on any atom is 0.323 e. The average molecular weight is 362 g/mol. The molecular weight excluding hydrogens is 340 g/mol. The molecule has 5 heteroatoms. The number of urea groups is 1. The van der Waals surface area contributed by atoms with Gasteiger partial charge in [0.1, 0.15) is 12.4 Å². The minimum Gasteiger partial charge on any atom is -0.489 e. The predicted molar refractivity (Wildman–Crippen MR) is 107 cm³/mol. The number of hydrogen-bond acceptors (Lipinski definition) is 3. The highest BCUT2D eigenvalue weighted by Gasteiger charge is 2.07. The van der Waals surface area contributed by atoms with Crippen molar-refractivity contribution >= 4 is 17.4 Å². The number of hydrogen-bond donors (Lipinski definition) is 3. The van der Waals surface area contributed by atoms with Crippen LogP contribution in [-0.4, -0.2) is 17.7 Å². The lowest BCUT2D eigenvalue weighted by Gasteiger charge is -2.12. The van der Waals surface area contributed by atoms with Crippen LogP contribution in [0.15, 0.2) is 78.9 Å². The monoisotopic (exact) mass is 362 g/mol. The van der Waals surface area contributed by atoms with Crippen molar-refractivity contribution in [2.75, 3.05) is 17.2 Å². The van der Waals surface area contributed by atoms with E-state index in [9.17, 15) is 4.79 Å². The Kier molecular flexibility index (Phi) is 6.44. The summed E-state index contributed by atoms with van der Waals surface area (Å²) in [7, 11) is 0. The van der Waals surface area contributed by atoms with E-state index in [1.54, 1.807) is 12.1 Å². The Labute approximate surface area is 158 Å². The molecule has 0 spiro atoms. The fourth-order valence-electron chi connectivity index (χ4n) is 2.67. The Balaban J connectivity index is 1.60. The topological polar surface area (TPSA) is 70.6 Å². The fourth-order valence-corrected chi connectivity index (χ4v) is 2.67. The SMILES string of the molecule is O=C(Nc1cccc(OCc2ccccc2)c1)Nc1ccccc1CCO. The number of para-hydroxylation sites is 1. The molecule has 0 unspecified atom stereocenters. The number of aliphatic hydroxyl groups is 1. The molecule has 138 valence electrons. The number of benzene rings is 3. The molecule has 0 aliphatic heterocycles. The molecule has 2 amide bonds. The van der Waals surface area contributed by atoms with Crippen molar-refractivity contribution in [3.05, 3.63) is 90.0 Å². The van der Waals surface area contributed by atoms with Gasteiger partial charge in [-0.3, -0.25) is 0 Å². The summed E-state index contributed by atoms with van der Waals surface area (Å²) in [6.07, 6.45) is 0.485. The van der Waals surface area contributed by atoms with Gasteiger partial charge in [-0.1, -0.05) is 54.6 Å². The molecule has 3 aromatic rings. The molecular formula is C22H22N2O3. The average Bonchev–Trinajstić information content (AvgIpc) is 2.69. The Hall–Kier alpha value is -3.31. The molecule has 5 nitrogen and oxygen atoms in total. The number of rotatable bonds is 7. The van der Waals surface area contributed by atoms with Crippen molar-refractivity contribution in [3.63, 3.8) is 0 Å². The first-order chi connectivity index (χ1) is 13.2. The summed E-state index contributed by atoms with van der Waals surface area (Å²) in [4.78, 5) is 12.3. The molecule has 0 aliphatic rings. The second-order valence-corrected chi connectivity index (χ2v) is 6.01. The molecule has 0 atom stereocenters. The summed E-state index contributed by atoms with van der Waals surface area (Å²) in [6, 6.07) is 24.2. The summed E-state index contributed by atoms with van der Waals surface area (Å²) < 4.78 is 5.78. The smallest absolute Gasteiger partial charge is 0.323 e. The summed E-state index contributed by atoms with van der Waals surface area (Å²) in [6.45, 7) is 0.492. The van der Waals surface area contributed by atoms with E-state index in [0.717, 1.165) is 11.1 Å². The standard InChI is InChI=1S/C22H22N2O3/c25-14-13-18-9-4-5-12-21(18)24-22(26)23-19-10-6-11-20(15-19)27-16-17-7-2-1-3-8-17/h1-12,15,25H,13-14,16H2,(H2,23,24,26). The van der Waals surface area contributed by atoms with E-state index in [2.05, 4.69) is 10.6 Å². The lowest BCUT2D eigenvalue weighted by Crippen LogP contribution is -2.20. The van der Waals surface area contributed by atoms with Crippen molar-refractivity contribution in [1.82, 2.24) is 0 Å². The van der Waals surface area contributed by atoms with Crippen LogP contribution in [0, 0.1) is 0 Å². The third-order valence-corrected chi connectivity index (χ3v) is 3.99. The highest BCUT2D eigenvalue weighted by Crippen LogP contribution is 2.20. The van der Waals surface area contributed by atoms with Crippen LogP contribution in [0.3, 0.4) is 0 Å². The van der Waals surface area contributed by atoms with E-state index in [1.165, 1.54) is 0 Å². The van der Waals surface area contributed by atoms with Gasteiger partial charge in [-0.25, -0.2) is 4.79 Å². The van der Waals surface area contributed by atoms with Gasteiger partial charge in [-0.2, -0.15) is 0 Å². The zero-order chi connectivity index (χ0) is 18.9. The Morgan fingerprint density at radius 3 is 2.48 bits per heavy atom. The van der Waals surface area contributed by atoms with Gasteiger partial charge in [0.25, 0.3) is 0 Å². The Bertz CT molecular complexity index is 881. The first-order valence-corrected chi connectivity index (χ1v) is 8.78. The van der Waals surface area contributed by atoms with Gasteiger partial charge in [0.2, 0.25) is 0 Å². The maximum atomic E-state index is 12.3. The summed E-state index contributed by atoms with van der Waals surface area (Å²) in [5, 5.41) is 14.8. The van der Waals surface area contributed by atoms with E-state index in [4.69, 9.17) is 9.84 Å². The van der Waals surface area contributed by atoms with Crippen LogP contribution < -0.4 is 15.4 Å². The number of nitrogens with one attached hydrogen (secondary N) is 2. The Morgan fingerprint density at radius 1 is 0.889 bits per heavy atom. The van der Waals surface area contributed by atoms with E-state index in [1.807, 2.05) is 66.7 Å². The third kappa shape index (κ3) is 5.59. The van der Waals surface area contributed by atoms with Crippen LogP contribution in [0.2, 0.25) is 0 Å². The quantitative estimate of drug-likeness (QED) is 0.582. The van der Waals surface area contributed by atoms with E-state index >= 15 is 0 Å². The molecule has 0 fully saturated rings. The second kappa shape index (κ2) is 9.40. The van der Waals surface area contributed by atoms with E-state index < -0.39 is 0 Å². The summed E-state index contributed by atoms with van der Waals surface area (Å²) >= 11 is 0. The second-order valence-electron chi connectivity index (χ2n) is 6.01. The van der Waals surface area contributed by atoms with Gasteiger partial charge < -0.3 is 20.5 Å². The van der Waals surface area contributed by atoms with Crippen molar-refractivity contribution in [2.45, 2.75) is 13.0 Å². The maximum absolute atomic E-state index is 12.3. The van der Waals surface area contributed by atoms with Gasteiger partial charge >= 0.3 is 6.03 Å². The zero-order valence-electron chi connectivity index (χ0n) is 14.9. The minimum atomic E-state index is -0.347. The number of ether oxygens (including phenoxy) is 1. The van der Waals surface area contributed by atoms with Crippen molar-refractivity contribution in [3.8, 4) is 5.75 Å². The molecule has 0 radical (unpaired) electrons. The number of amides is 2. The van der Waals surface area contributed by atoms with Crippen LogP contribution in [0.4, 0.5) is 16.2 Å². The molecule has 0 saturated carbocycles. The third-order valence-electron chi connectivity index (χ3n) is 3.99. The molecule has 0 heterocycles. The highest BCUT2D eigenvalue weighted by molar-refractivity contribution is 6.00. The first-order valence-electron chi connectivity index (χ1n) is 8.78. The zero-order valence-corrected chi connectivity index (χ0v) is 14.9. The number of carbonyl (C=O) groups is 1. The van der Waals surface area contributed by atoms with Gasteiger partial charge in [0.05, 0.1) is 0 Å².